The molecule has 2 aromatic carbocycles. The molecule has 0 saturated carbocycles. The van der Waals surface area contributed by atoms with E-state index in [0.717, 1.165) is 22.9 Å². The summed E-state index contributed by atoms with van der Waals surface area (Å²) >= 11 is 0. The van der Waals surface area contributed by atoms with Crippen molar-refractivity contribution in [1.82, 2.24) is 4.98 Å². The molecule has 2 nitrogen and oxygen atoms in total. The highest BCUT2D eigenvalue weighted by Crippen LogP contribution is 2.30. The smallest absolute Gasteiger partial charge is 0.127 e. The summed E-state index contributed by atoms with van der Waals surface area (Å²) in [6.45, 7) is 1.92. The maximum absolute atomic E-state index is 11.0. The third-order valence-electron chi connectivity index (χ3n) is 3.27. The zero-order valence-corrected chi connectivity index (χ0v) is 9.60. The fourth-order valence-corrected chi connectivity index (χ4v) is 2.35. The minimum Gasteiger partial charge on any atom is -0.354 e. The molecular formula is C15H13NO. The van der Waals surface area contributed by atoms with Crippen LogP contribution in [0.25, 0.3) is 21.8 Å². The van der Waals surface area contributed by atoms with Crippen molar-refractivity contribution in [3.05, 3.63) is 48.0 Å². The number of aromatic nitrogens is 1. The van der Waals surface area contributed by atoms with Gasteiger partial charge in [0.15, 0.2) is 0 Å². The number of carbonyl (C=O) groups excluding carboxylic acids is 1. The van der Waals surface area contributed by atoms with Gasteiger partial charge in [0.1, 0.15) is 6.29 Å². The Labute approximate surface area is 99.3 Å². The van der Waals surface area contributed by atoms with Gasteiger partial charge in [-0.3, -0.25) is 0 Å². The summed E-state index contributed by atoms with van der Waals surface area (Å²) in [6, 6.07) is 14.3. The Morgan fingerprint density at radius 3 is 2.65 bits per heavy atom. The van der Waals surface area contributed by atoms with Crippen LogP contribution in [0.2, 0.25) is 0 Å². The number of benzene rings is 2. The lowest BCUT2D eigenvalue weighted by Crippen LogP contribution is -1.94. The SMILES string of the molecule is CC(C=O)c1cccc2c1[nH]c1ccccc12. The number of rotatable bonds is 2. The highest BCUT2D eigenvalue weighted by Gasteiger charge is 2.11. The maximum atomic E-state index is 11.0. The summed E-state index contributed by atoms with van der Waals surface area (Å²) in [4.78, 5) is 14.4. The van der Waals surface area contributed by atoms with Gasteiger partial charge in [0.2, 0.25) is 0 Å². The lowest BCUT2D eigenvalue weighted by Gasteiger charge is -2.05. The van der Waals surface area contributed by atoms with Gasteiger partial charge in [0.05, 0.1) is 5.52 Å². The Morgan fingerprint density at radius 1 is 1.06 bits per heavy atom. The van der Waals surface area contributed by atoms with Crippen molar-refractivity contribution in [1.29, 1.82) is 0 Å². The van der Waals surface area contributed by atoms with Gasteiger partial charge in [0, 0.05) is 22.2 Å². The molecule has 3 aromatic rings. The quantitative estimate of drug-likeness (QED) is 0.661. The van der Waals surface area contributed by atoms with Crippen molar-refractivity contribution < 1.29 is 4.79 Å². The summed E-state index contributed by atoms with van der Waals surface area (Å²) in [5, 5.41) is 2.40. The van der Waals surface area contributed by atoms with Crippen LogP contribution in [0.3, 0.4) is 0 Å². The average Bonchev–Trinajstić information content (AvgIpc) is 2.76. The lowest BCUT2D eigenvalue weighted by molar-refractivity contribution is -0.108. The zero-order valence-electron chi connectivity index (χ0n) is 9.60. The molecule has 0 aliphatic heterocycles. The van der Waals surface area contributed by atoms with Crippen molar-refractivity contribution in [3.8, 4) is 0 Å². The van der Waals surface area contributed by atoms with Crippen molar-refractivity contribution in [2.45, 2.75) is 12.8 Å². The van der Waals surface area contributed by atoms with Crippen LogP contribution >= 0.6 is 0 Å². The summed E-state index contributed by atoms with van der Waals surface area (Å²) in [7, 11) is 0. The Hall–Kier alpha value is -2.09. The molecule has 17 heavy (non-hydrogen) atoms. The molecule has 0 saturated heterocycles. The molecule has 1 aromatic heterocycles. The van der Waals surface area contributed by atoms with Crippen LogP contribution in [0, 0.1) is 0 Å². The van der Waals surface area contributed by atoms with Crippen LogP contribution in [0.5, 0.6) is 0 Å². The normalized spacial score (nSPS) is 13.0. The fraction of sp³-hybridized carbons (Fsp3) is 0.133. The van der Waals surface area contributed by atoms with E-state index in [1.807, 2.05) is 31.2 Å². The summed E-state index contributed by atoms with van der Waals surface area (Å²) in [6.07, 6.45) is 0.986. The Morgan fingerprint density at radius 2 is 1.82 bits per heavy atom. The largest absolute Gasteiger partial charge is 0.354 e. The minimum absolute atomic E-state index is 0.0771. The van der Waals surface area contributed by atoms with Gasteiger partial charge in [-0.15, -0.1) is 0 Å². The molecule has 1 unspecified atom stereocenters. The van der Waals surface area contributed by atoms with Crippen LogP contribution in [0.15, 0.2) is 42.5 Å². The standard InChI is InChI=1S/C15H13NO/c1-10(9-17)11-6-4-7-13-12-5-2-3-8-14(12)16-15(11)13/h2-10,16H,1H3. The van der Waals surface area contributed by atoms with Crippen LogP contribution in [-0.2, 0) is 4.79 Å². The second-order valence-electron chi connectivity index (χ2n) is 4.37. The molecule has 2 heteroatoms. The average molecular weight is 223 g/mol. The van der Waals surface area contributed by atoms with Crippen LogP contribution in [0.4, 0.5) is 0 Å². The van der Waals surface area contributed by atoms with Gasteiger partial charge in [-0.05, 0) is 11.6 Å². The summed E-state index contributed by atoms with van der Waals surface area (Å²) in [5.74, 6) is -0.0771. The molecule has 0 aliphatic rings. The molecule has 0 radical (unpaired) electrons. The second-order valence-corrected chi connectivity index (χ2v) is 4.37. The molecule has 0 amide bonds. The zero-order chi connectivity index (χ0) is 11.8. The third-order valence-corrected chi connectivity index (χ3v) is 3.27. The number of H-pyrrole nitrogens is 1. The molecule has 84 valence electrons. The minimum atomic E-state index is -0.0771. The Balaban J connectivity index is 2.43. The predicted octanol–water partition coefficient (Wildman–Crippen LogP) is 3.62. The third kappa shape index (κ3) is 1.45. The van der Waals surface area contributed by atoms with Crippen LogP contribution in [-0.4, -0.2) is 11.3 Å². The molecule has 0 aliphatic carbocycles. The van der Waals surface area contributed by atoms with E-state index < -0.39 is 0 Å². The van der Waals surface area contributed by atoms with Crippen molar-refractivity contribution >= 4 is 28.1 Å². The van der Waals surface area contributed by atoms with Crippen LogP contribution in [0.1, 0.15) is 18.4 Å². The molecular weight excluding hydrogens is 210 g/mol. The van der Waals surface area contributed by atoms with Gasteiger partial charge >= 0.3 is 0 Å². The van der Waals surface area contributed by atoms with Crippen molar-refractivity contribution in [2.75, 3.05) is 0 Å². The van der Waals surface area contributed by atoms with E-state index in [4.69, 9.17) is 0 Å². The highest BCUT2D eigenvalue weighted by molar-refractivity contribution is 6.08. The topological polar surface area (TPSA) is 32.9 Å². The Kier molecular flexibility index (Phi) is 2.22. The van der Waals surface area contributed by atoms with E-state index >= 15 is 0 Å². The highest BCUT2D eigenvalue weighted by atomic mass is 16.1. The van der Waals surface area contributed by atoms with Gasteiger partial charge in [-0.2, -0.15) is 0 Å². The first kappa shape index (κ1) is 10.1. The van der Waals surface area contributed by atoms with E-state index in [1.54, 1.807) is 0 Å². The van der Waals surface area contributed by atoms with Gasteiger partial charge < -0.3 is 9.78 Å². The van der Waals surface area contributed by atoms with Gasteiger partial charge in [0.25, 0.3) is 0 Å². The maximum Gasteiger partial charge on any atom is 0.127 e. The second kappa shape index (κ2) is 3.74. The number of para-hydroxylation sites is 2. The molecule has 0 bridgehead atoms. The fourth-order valence-electron chi connectivity index (χ4n) is 2.35. The number of aromatic amines is 1. The first-order valence-electron chi connectivity index (χ1n) is 5.76. The van der Waals surface area contributed by atoms with E-state index in [2.05, 4.69) is 23.2 Å². The number of fused-ring (bicyclic) bond motifs is 3. The number of hydrogen-bond donors (Lipinski definition) is 1. The van der Waals surface area contributed by atoms with E-state index in [9.17, 15) is 4.79 Å². The Bertz CT molecular complexity index is 696. The molecule has 3 rings (SSSR count). The molecule has 1 heterocycles. The van der Waals surface area contributed by atoms with Gasteiger partial charge in [-0.1, -0.05) is 43.3 Å². The molecule has 1 N–H and O–H groups in total. The van der Waals surface area contributed by atoms with Crippen LogP contribution < -0.4 is 0 Å². The number of aldehydes is 1. The monoisotopic (exact) mass is 223 g/mol. The first-order valence-corrected chi connectivity index (χ1v) is 5.76. The van der Waals surface area contributed by atoms with E-state index in [0.29, 0.717) is 0 Å². The summed E-state index contributed by atoms with van der Waals surface area (Å²) in [5.41, 5.74) is 3.26. The van der Waals surface area contributed by atoms with E-state index in [-0.39, 0.29) is 5.92 Å². The predicted molar refractivity (Wildman–Crippen MR) is 70.3 cm³/mol. The molecule has 1 atom stereocenters. The number of carbonyl (C=O) groups is 1. The summed E-state index contributed by atoms with van der Waals surface area (Å²) < 4.78 is 0. The van der Waals surface area contributed by atoms with Crippen molar-refractivity contribution in [2.24, 2.45) is 0 Å². The number of nitrogens with one attached hydrogen (secondary N) is 1. The van der Waals surface area contributed by atoms with Crippen molar-refractivity contribution in [3.63, 3.8) is 0 Å². The lowest BCUT2D eigenvalue weighted by atomic mass is 9.99. The van der Waals surface area contributed by atoms with E-state index in [1.165, 1.54) is 10.8 Å². The molecule has 0 spiro atoms. The molecule has 0 fully saturated rings. The number of hydrogen-bond acceptors (Lipinski definition) is 1. The first-order chi connectivity index (χ1) is 8.31. The van der Waals surface area contributed by atoms with Gasteiger partial charge in [-0.25, -0.2) is 0 Å².